The summed E-state index contributed by atoms with van der Waals surface area (Å²) in [7, 11) is 1.73. The van der Waals surface area contributed by atoms with E-state index in [0.717, 1.165) is 17.6 Å². The zero-order chi connectivity index (χ0) is 14.7. The summed E-state index contributed by atoms with van der Waals surface area (Å²) in [5, 5.41) is 0. The first kappa shape index (κ1) is 15.3. The minimum absolute atomic E-state index is 0.181. The van der Waals surface area contributed by atoms with E-state index in [9.17, 15) is 0 Å². The zero-order valence-corrected chi connectivity index (χ0v) is 13.1. The highest BCUT2D eigenvalue weighted by molar-refractivity contribution is 5.39. The summed E-state index contributed by atoms with van der Waals surface area (Å²) in [4.78, 5) is 0. The minimum atomic E-state index is 0.181. The molecule has 0 spiro atoms. The van der Waals surface area contributed by atoms with E-state index in [1.807, 2.05) is 0 Å². The molecule has 3 nitrogen and oxygen atoms in total. The third kappa shape index (κ3) is 3.15. The lowest BCUT2D eigenvalue weighted by atomic mass is 9.72. The van der Waals surface area contributed by atoms with Crippen LogP contribution in [-0.2, 0) is 0 Å². The molecule has 0 radical (unpaired) electrons. The van der Waals surface area contributed by atoms with Crippen LogP contribution in [0.2, 0.25) is 0 Å². The molecule has 0 bridgehead atoms. The lowest BCUT2D eigenvalue weighted by molar-refractivity contribution is 0.170. The Morgan fingerprint density at radius 2 is 2.00 bits per heavy atom. The van der Waals surface area contributed by atoms with Gasteiger partial charge in [-0.1, -0.05) is 32.4 Å². The van der Waals surface area contributed by atoms with Gasteiger partial charge in [0, 0.05) is 5.56 Å². The molecule has 0 heterocycles. The predicted molar refractivity (Wildman–Crippen MR) is 83.5 cm³/mol. The van der Waals surface area contributed by atoms with Crippen LogP contribution in [0.25, 0.3) is 0 Å². The van der Waals surface area contributed by atoms with Gasteiger partial charge in [-0.25, -0.2) is 0 Å². The molecule has 1 aliphatic rings. The van der Waals surface area contributed by atoms with Crippen molar-refractivity contribution >= 4 is 0 Å². The number of nitrogens with one attached hydrogen (secondary N) is 1. The smallest absolute Gasteiger partial charge is 0.123 e. The number of nitrogens with two attached hydrogens (primary N) is 1. The number of hydrogen-bond acceptors (Lipinski definition) is 3. The molecule has 4 unspecified atom stereocenters. The molecule has 3 heteroatoms. The van der Waals surface area contributed by atoms with Crippen LogP contribution in [0, 0.1) is 24.7 Å². The fraction of sp³-hybridized carbons (Fsp3) is 0.647. The van der Waals surface area contributed by atoms with E-state index in [4.69, 9.17) is 10.6 Å². The normalized spacial score (nSPS) is 28.1. The van der Waals surface area contributed by atoms with Crippen molar-refractivity contribution in [3.8, 4) is 5.75 Å². The molecule has 0 aliphatic heterocycles. The summed E-state index contributed by atoms with van der Waals surface area (Å²) < 4.78 is 5.55. The van der Waals surface area contributed by atoms with Gasteiger partial charge in [0.2, 0.25) is 0 Å². The molecule has 20 heavy (non-hydrogen) atoms. The number of methoxy groups -OCH3 is 1. The van der Waals surface area contributed by atoms with Crippen molar-refractivity contribution in [1.29, 1.82) is 0 Å². The maximum atomic E-state index is 5.87. The van der Waals surface area contributed by atoms with E-state index in [2.05, 4.69) is 44.4 Å². The molecule has 0 amide bonds. The van der Waals surface area contributed by atoms with E-state index in [1.54, 1.807) is 7.11 Å². The zero-order valence-electron chi connectivity index (χ0n) is 13.1. The van der Waals surface area contributed by atoms with Crippen molar-refractivity contribution in [1.82, 2.24) is 5.43 Å². The van der Waals surface area contributed by atoms with Crippen molar-refractivity contribution in [2.24, 2.45) is 23.6 Å². The second kappa shape index (κ2) is 6.59. The Bertz CT molecular complexity index is 447. The summed E-state index contributed by atoms with van der Waals surface area (Å²) in [6, 6.07) is 6.56. The van der Waals surface area contributed by atoms with Crippen LogP contribution in [0.4, 0.5) is 0 Å². The largest absolute Gasteiger partial charge is 0.496 e. The first-order chi connectivity index (χ1) is 9.56. The summed E-state index contributed by atoms with van der Waals surface area (Å²) in [5.41, 5.74) is 5.44. The standard InChI is InChI=1S/C17H28N2O/c1-11-5-8-15(16(9-11)20-4)17(19-18)14-7-6-12(2)13(3)10-14/h5,8-9,12-14,17,19H,6-7,10,18H2,1-4H3. The van der Waals surface area contributed by atoms with E-state index in [1.165, 1.54) is 30.4 Å². The summed E-state index contributed by atoms with van der Waals surface area (Å²) in [5.74, 6) is 8.99. The number of ether oxygens (including phenoxy) is 1. The average Bonchev–Trinajstić information content (AvgIpc) is 2.44. The SMILES string of the molecule is COc1cc(C)ccc1C(NN)C1CCC(C)C(C)C1. The van der Waals surface area contributed by atoms with E-state index < -0.39 is 0 Å². The summed E-state index contributed by atoms with van der Waals surface area (Å²) >= 11 is 0. The molecular weight excluding hydrogens is 248 g/mol. The lowest BCUT2D eigenvalue weighted by Gasteiger charge is -2.37. The fourth-order valence-corrected chi connectivity index (χ4v) is 3.45. The van der Waals surface area contributed by atoms with E-state index in [0.29, 0.717) is 5.92 Å². The highest BCUT2D eigenvalue weighted by Gasteiger charge is 2.31. The summed E-state index contributed by atoms with van der Waals surface area (Å²) in [6.07, 6.45) is 3.75. The Labute approximate surface area is 122 Å². The highest BCUT2D eigenvalue weighted by atomic mass is 16.5. The highest BCUT2D eigenvalue weighted by Crippen LogP contribution is 2.41. The maximum Gasteiger partial charge on any atom is 0.123 e. The number of rotatable bonds is 4. The number of aryl methyl sites for hydroxylation is 1. The molecule has 112 valence electrons. The van der Waals surface area contributed by atoms with Gasteiger partial charge in [0.15, 0.2) is 0 Å². The third-order valence-electron chi connectivity index (χ3n) is 5.01. The third-order valence-corrected chi connectivity index (χ3v) is 5.01. The maximum absolute atomic E-state index is 5.87. The Morgan fingerprint density at radius 1 is 1.25 bits per heavy atom. The van der Waals surface area contributed by atoms with Gasteiger partial charge in [-0.05, 0) is 49.1 Å². The van der Waals surface area contributed by atoms with Crippen molar-refractivity contribution in [2.45, 2.75) is 46.1 Å². The Hall–Kier alpha value is -1.06. The summed E-state index contributed by atoms with van der Waals surface area (Å²) in [6.45, 7) is 6.80. The van der Waals surface area contributed by atoms with Crippen LogP contribution in [0.1, 0.15) is 50.3 Å². The van der Waals surface area contributed by atoms with Crippen LogP contribution in [-0.4, -0.2) is 7.11 Å². The van der Waals surface area contributed by atoms with Gasteiger partial charge in [0.25, 0.3) is 0 Å². The Kier molecular flexibility index (Phi) is 5.06. The van der Waals surface area contributed by atoms with Crippen LogP contribution >= 0.6 is 0 Å². The molecule has 1 aliphatic carbocycles. The van der Waals surface area contributed by atoms with Crippen molar-refractivity contribution in [3.05, 3.63) is 29.3 Å². The van der Waals surface area contributed by atoms with Gasteiger partial charge in [-0.15, -0.1) is 0 Å². The van der Waals surface area contributed by atoms with Crippen molar-refractivity contribution < 1.29 is 4.74 Å². The van der Waals surface area contributed by atoms with Crippen LogP contribution in [0.3, 0.4) is 0 Å². The van der Waals surface area contributed by atoms with Crippen LogP contribution < -0.4 is 16.0 Å². The van der Waals surface area contributed by atoms with Crippen LogP contribution in [0.15, 0.2) is 18.2 Å². The quantitative estimate of drug-likeness (QED) is 0.652. The topological polar surface area (TPSA) is 47.3 Å². The predicted octanol–water partition coefficient (Wildman–Crippen LogP) is 3.58. The molecule has 1 saturated carbocycles. The molecule has 0 saturated heterocycles. The Balaban J connectivity index is 2.24. The molecule has 3 N–H and O–H groups in total. The van der Waals surface area contributed by atoms with E-state index >= 15 is 0 Å². The lowest BCUT2D eigenvalue weighted by Crippen LogP contribution is -2.37. The van der Waals surface area contributed by atoms with Crippen molar-refractivity contribution in [3.63, 3.8) is 0 Å². The van der Waals surface area contributed by atoms with Gasteiger partial charge >= 0.3 is 0 Å². The molecule has 2 rings (SSSR count). The van der Waals surface area contributed by atoms with Crippen LogP contribution in [0.5, 0.6) is 5.75 Å². The fourth-order valence-electron chi connectivity index (χ4n) is 3.45. The van der Waals surface area contributed by atoms with Gasteiger partial charge < -0.3 is 4.74 Å². The molecular formula is C17H28N2O. The van der Waals surface area contributed by atoms with Gasteiger partial charge in [-0.2, -0.15) is 0 Å². The number of benzene rings is 1. The van der Waals surface area contributed by atoms with Gasteiger partial charge in [0.05, 0.1) is 13.2 Å². The minimum Gasteiger partial charge on any atom is -0.496 e. The van der Waals surface area contributed by atoms with Gasteiger partial charge in [0.1, 0.15) is 5.75 Å². The van der Waals surface area contributed by atoms with E-state index in [-0.39, 0.29) is 6.04 Å². The molecule has 1 aromatic rings. The van der Waals surface area contributed by atoms with Crippen molar-refractivity contribution in [2.75, 3.05) is 7.11 Å². The molecule has 1 aromatic carbocycles. The molecule has 0 aromatic heterocycles. The number of hydrogen-bond donors (Lipinski definition) is 2. The monoisotopic (exact) mass is 276 g/mol. The number of hydrazine groups is 1. The molecule has 1 fully saturated rings. The van der Waals surface area contributed by atoms with Gasteiger partial charge in [-0.3, -0.25) is 11.3 Å². The first-order valence-electron chi connectivity index (χ1n) is 7.67. The first-order valence-corrected chi connectivity index (χ1v) is 7.67. The second-order valence-electron chi connectivity index (χ2n) is 6.42. The molecule has 4 atom stereocenters. The average molecular weight is 276 g/mol. The second-order valence-corrected chi connectivity index (χ2v) is 6.42. The Morgan fingerprint density at radius 3 is 2.60 bits per heavy atom.